The number of likely N-dealkylation sites (tertiary alicyclic amines) is 1. The Bertz CT molecular complexity index is 360. The van der Waals surface area contributed by atoms with Crippen LogP contribution in [0.2, 0.25) is 0 Å². The van der Waals surface area contributed by atoms with Crippen molar-refractivity contribution in [3.63, 3.8) is 0 Å². The van der Waals surface area contributed by atoms with E-state index >= 15 is 0 Å². The summed E-state index contributed by atoms with van der Waals surface area (Å²) in [4.78, 5) is 14.7. The van der Waals surface area contributed by atoms with Crippen LogP contribution in [-0.4, -0.2) is 29.9 Å². The van der Waals surface area contributed by atoms with Crippen molar-refractivity contribution < 1.29 is 4.79 Å². The van der Waals surface area contributed by atoms with Crippen molar-refractivity contribution in [2.45, 2.75) is 44.6 Å². The molecule has 0 spiro atoms. The Balaban J connectivity index is 1.42. The maximum Gasteiger partial charge on any atom is 0.225 e. The zero-order valence-corrected chi connectivity index (χ0v) is 11.1. The number of hydrogen-bond acceptors (Lipinski definition) is 2. The first-order valence-corrected chi connectivity index (χ1v) is 7.76. The zero-order valence-electron chi connectivity index (χ0n) is 11.1. The van der Waals surface area contributed by atoms with Gasteiger partial charge in [0.1, 0.15) is 0 Å². The van der Waals surface area contributed by atoms with Gasteiger partial charge >= 0.3 is 0 Å². The van der Waals surface area contributed by atoms with Gasteiger partial charge in [-0.15, -0.1) is 0 Å². The van der Waals surface area contributed by atoms with E-state index in [0.717, 1.165) is 31.3 Å². The van der Waals surface area contributed by atoms with E-state index in [0.29, 0.717) is 29.7 Å². The fourth-order valence-electron chi connectivity index (χ4n) is 4.87. The van der Waals surface area contributed by atoms with Crippen LogP contribution in [-0.2, 0) is 4.79 Å². The monoisotopic (exact) mass is 248 g/mol. The third kappa shape index (κ3) is 1.70. The Kier molecular flexibility index (Phi) is 2.48. The van der Waals surface area contributed by atoms with E-state index < -0.39 is 0 Å². The number of nitrogens with two attached hydrogens (primary N) is 1. The van der Waals surface area contributed by atoms with Gasteiger partial charge in [-0.3, -0.25) is 4.79 Å². The van der Waals surface area contributed by atoms with Gasteiger partial charge in [0, 0.05) is 25.0 Å². The molecule has 0 bridgehead atoms. The second-order valence-corrected chi connectivity index (χ2v) is 7.19. The number of hydrogen-bond donors (Lipinski definition) is 1. The first-order valence-electron chi connectivity index (χ1n) is 7.76. The van der Waals surface area contributed by atoms with Gasteiger partial charge in [-0.25, -0.2) is 0 Å². The fraction of sp³-hybridized carbons (Fsp3) is 0.933. The lowest BCUT2D eigenvalue weighted by molar-refractivity contribution is -0.134. The molecule has 2 N–H and O–H groups in total. The molecule has 0 radical (unpaired) electrons. The van der Waals surface area contributed by atoms with Crippen LogP contribution in [0.25, 0.3) is 0 Å². The summed E-state index contributed by atoms with van der Waals surface area (Å²) in [5.41, 5.74) is 6.23. The summed E-state index contributed by atoms with van der Waals surface area (Å²) in [7, 11) is 0. The second kappa shape index (κ2) is 3.96. The zero-order chi connectivity index (χ0) is 12.3. The molecule has 4 rings (SSSR count). The maximum atomic E-state index is 12.5. The molecule has 3 aliphatic carbocycles. The van der Waals surface area contributed by atoms with Crippen molar-refractivity contribution in [2.75, 3.05) is 13.1 Å². The predicted octanol–water partition coefficient (Wildman–Crippen LogP) is 1.62. The van der Waals surface area contributed by atoms with E-state index in [2.05, 4.69) is 4.90 Å². The first kappa shape index (κ1) is 11.3. The Morgan fingerprint density at radius 1 is 1.00 bits per heavy atom. The van der Waals surface area contributed by atoms with Gasteiger partial charge < -0.3 is 10.6 Å². The Morgan fingerprint density at radius 3 is 2.50 bits per heavy atom. The van der Waals surface area contributed by atoms with Gasteiger partial charge in [0.05, 0.1) is 0 Å². The van der Waals surface area contributed by atoms with Crippen LogP contribution in [0.15, 0.2) is 0 Å². The first-order chi connectivity index (χ1) is 8.72. The van der Waals surface area contributed by atoms with Crippen LogP contribution in [0.1, 0.15) is 38.5 Å². The maximum absolute atomic E-state index is 12.5. The highest BCUT2D eigenvalue weighted by atomic mass is 16.2. The minimum absolute atomic E-state index is 0.346. The minimum Gasteiger partial charge on any atom is -0.342 e. The molecule has 1 heterocycles. The summed E-state index contributed by atoms with van der Waals surface area (Å²) in [5.74, 6) is 3.94. The molecule has 3 saturated carbocycles. The third-order valence-corrected chi connectivity index (χ3v) is 6.06. The molecule has 100 valence electrons. The molecule has 5 unspecified atom stereocenters. The van der Waals surface area contributed by atoms with Crippen molar-refractivity contribution in [3.05, 3.63) is 0 Å². The molecule has 0 aromatic rings. The third-order valence-electron chi connectivity index (χ3n) is 6.06. The van der Waals surface area contributed by atoms with Gasteiger partial charge in [-0.1, -0.05) is 6.42 Å². The normalized spacial score (nSPS) is 49.9. The molecule has 3 nitrogen and oxygen atoms in total. The summed E-state index contributed by atoms with van der Waals surface area (Å²) in [6.45, 7) is 1.96. The summed E-state index contributed by atoms with van der Waals surface area (Å²) < 4.78 is 0. The van der Waals surface area contributed by atoms with Crippen molar-refractivity contribution in [1.82, 2.24) is 4.90 Å². The van der Waals surface area contributed by atoms with Crippen molar-refractivity contribution in [3.8, 4) is 0 Å². The lowest BCUT2D eigenvalue weighted by Crippen LogP contribution is -2.39. The van der Waals surface area contributed by atoms with Crippen LogP contribution in [0.5, 0.6) is 0 Å². The number of rotatable bonds is 1. The average Bonchev–Trinajstić information content (AvgIpc) is 2.80. The van der Waals surface area contributed by atoms with Gasteiger partial charge in [-0.2, -0.15) is 0 Å². The van der Waals surface area contributed by atoms with Gasteiger partial charge in [-0.05, 0) is 55.8 Å². The molecule has 0 aromatic carbocycles. The molecule has 4 aliphatic rings. The van der Waals surface area contributed by atoms with E-state index in [1.807, 2.05) is 0 Å². The number of carbonyl (C=O) groups excluding carboxylic acids is 1. The highest BCUT2D eigenvalue weighted by molar-refractivity contribution is 5.79. The molecule has 1 aliphatic heterocycles. The molecular weight excluding hydrogens is 224 g/mol. The molecule has 4 fully saturated rings. The Hall–Kier alpha value is -0.570. The number of nitrogens with zero attached hydrogens (tertiary/aromatic N) is 1. The predicted molar refractivity (Wildman–Crippen MR) is 69.7 cm³/mol. The van der Waals surface area contributed by atoms with Gasteiger partial charge in [0.15, 0.2) is 0 Å². The van der Waals surface area contributed by atoms with Crippen molar-refractivity contribution in [2.24, 2.45) is 35.3 Å². The number of carbonyl (C=O) groups is 1. The second-order valence-electron chi connectivity index (χ2n) is 7.19. The average molecular weight is 248 g/mol. The molecule has 0 aromatic heterocycles. The smallest absolute Gasteiger partial charge is 0.225 e. The largest absolute Gasteiger partial charge is 0.342 e. The van der Waals surface area contributed by atoms with E-state index in [1.165, 1.54) is 32.1 Å². The summed E-state index contributed by atoms with van der Waals surface area (Å²) in [5, 5.41) is 0. The van der Waals surface area contributed by atoms with Crippen molar-refractivity contribution in [1.29, 1.82) is 0 Å². The van der Waals surface area contributed by atoms with Crippen molar-refractivity contribution >= 4 is 5.91 Å². The fourth-order valence-corrected chi connectivity index (χ4v) is 4.87. The van der Waals surface area contributed by atoms with E-state index in [1.54, 1.807) is 0 Å². The van der Waals surface area contributed by atoms with Gasteiger partial charge in [0.25, 0.3) is 0 Å². The quantitative estimate of drug-likeness (QED) is 0.766. The topological polar surface area (TPSA) is 46.3 Å². The minimum atomic E-state index is 0.346. The molecule has 1 amide bonds. The van der Waals surface area contributed by atoms with Crippen LogP contribution in [0.4, 0.5) is 0 Å². The Labute approximate surface area is 109 Å². The van der Waals surface area contributed by atoms with E-state index in [9.17, 15) is 4.79 Å². The van der Waals surface area contributed by atoms with Crippen LogP contribution in [0.3, 0.4) is 0 Å². The number of amides is 1. The highest BCUT2D eigenvalue weighted by Crippen LogP contribution is 2.55. The summed E-state index contributed by atoms with van der Waals surface area (Å²) in [6.07, 6.45) is 7.48. The van der Waals surface area contributed by atoms with Crippen LogP contribution in [0, 0.1) is 29.6 Å². The molecule has 18 heavy (non-hydrogen) atoms. The highest BCUT2D eigenvalue weighted by Gasteiger charge is 2.50. The molecule has 3 heteroatoms. The standard InChI is InChI=1S/C15H24N2O/c16-14-3-1-2-9-7-17(8-13(9)14)15(18)12-5-10-4-11(10)6-12/h9-14H,1-8,16H2. The van der Waals surface area contributed by atoms with Gasteiger partial charge in [0.2, 0.25) is 5.91 Å². The molecular formula is C15H24N2O. The SMILES string of the molecule is NC1CCCC2CN(C(=O)C3CC4CC4C3)CC12. The van der Waals surface area contributed by atoms with E-state index in [4.69, 9.17) is 5.73 Å². The Morgan fingerprint density at radius 2 is 1.78 bits per heavy atom. The summed E-state index contributed by atoms with van der Waals surface area (Å²) in [6, 6.07) is 0.346. The van der Waals surface area contributed by atoms with E-state index in [-0.39, 0.29) is 0 Å². The number of fused-ring (bicyclic) bond motifs is 2. The van der Waals surface area contributed by atoms with Crippen LogP contribution >= 0.6 is 0 Å². The molecule has 5 atom stereocenters. The lowest BCUT2D eigenvalue weighted by Gasteiger charge is -2.29. The molecule has 1 saturated heterocycles. The summed E-state index contributed by atoms with van der Waals surface area (Å²) >= 11 is 0. The van der Waals surface area contributed by atoms with Crippen LogP contribution < -0.4 is 5.73 Å². The lowest BCUT2D eigenvalue weighted by atomic mass is 9.78.